The van der Waals surface area contributed by atoms with Crippen LogP contribution in [0.1, 0.15) is 36.4 Å². The van der Waals surface area contributed by atoms with Gasteiger partial charge in [0.25, 0.3) is 0 Å². The second kappa shape index (κ2) is 7.56. The number of carboxylic acid groups (broad SMARTS) is 1. The SMILES string of the molecule is CN(C1CCN(c2ccncc2)CC1)C1CCc2ccc(OC(=O)O)cc21. The molecular weight excluding hydrogens is 342 g/mol. The number of hydrogen-bond acceptors (Lipinski definition) is 5. The van der Waals surface area contributed by atoms with E-state index in [1.807, 2.05) is 24.5 Å². The Kier molecular flexibility index (Phi) is 4.99. The molecule has 1 aromatic heterocycles. The van der Waals surface area contributed by atoms with Crippen LogP contribution in [0.5, 0.6) is 5.75 Å². The third-order valence-corrected chi connectivity index (χ3v) is 5.93. The summed E-state index contributed by atoms with van der Waals surface area (Å²) in [4.78, 5) is 19.8. The maximum absolute atomic E-state index is 10.8. The molecule has 1 fully saturated rings. The van der Waals surface area contributed by atoms with Crippen LogP contribution >= 0.6 is 0 Å². The quantitative estimate of drug-likeness (QED) is 0.656. The van der Waals surface area contributed by atoms with Crippen molar-refractivity contribution < 1.29 is 14.6 Å². The molecule has 1 atom stereocenters. The van der Waals surface area contributed by atoms with Crippen molar-refractivity contribution in [1.82, 2.24) is 9.88 Å². The summed E-state index contributed by atoms with van der Waals surface area (Å²) >= 11 is 0. The maximum atomic E-state index is 10.8. The number of piperidine rings is 1. The monoisotopic (exact) mass is 367 g/mol. The van der Waals surface area contributed by atoms with Gasteiger partial charge in [-0.25, -0.2) is 4.79 Å². The molecule has 0 spiro atoms. The van der Waals surface area contributed by atoms with Gasteiger partial charge in [-0.3, -0.25) is 9.88 Å². The van der Waals surface area contributed by atoms with Crippen LogP contribution in [0.15, 0.2) is 42.7 Å². The van der Waals surface area contributed by atoms with Gasteiger partial charge in [-0.05, 0) is 68.1 Å². The van der Waals surface area contributed by atoms with E-state index in [0.717, 1.165) is 38.8 Å². The Bertz CT molecular complexity index is 804. The van der Waals surface area contributed by atoms with Crippen molar-refractivity contribution >= 4 is 11.8 Å². The zero-order valence-corrected chi connectivity index (χ0v) is 15.5. The molecule has 27 heavy (non-hydrogen) atoms. The van der Waals surface area contributed by atoms with Gasteiger partial charge in [-0.1, -0.05) is 6.07 Å². The predicted octanol–water partition coefficient (Wildman–Crippen LogP) is 3.73. The fourth-order valence-electron chi connectivity index (χ4n) is 4.49. The van der Waals surface area contributed by atoms with E-state index in [9.17, 15) is 4.79 Å². The number of carbonyl (C=O) groups is 1. The molecular formula is C21H25N3O3. The number of fused-ring (bicyclic) bond motifs is 1. The van der Waals surface area contributed by atoms with Crippen molar-refractivity contribution in [1.29, 1.82) is 0 Å². The highest BCUT2D eigenvalue weighted by Gasteiger charge is 2.32. The van der Waals surface area contributed by atoms with Crippen LogP contribution in [-0.2, 0) is 6.42 Å². The molecule has 2 aromatic rings. The number of pyridine rings is 1. The Balaban J connectivity index is 1.43. The molecule has 1 aliphatic carbocycles. The number of aryl methyl sites for hydroxylation is 1. The van der Waals surface area contributed by atoms with E-state index in [2.05, 4.69) is 34.0 Å². The van der Waals surface area contributed by atoms with E-state index in [1.165, 1.54) is 16.8 Å². The fraction of sp³-hybridized carbons (Fsp3) is 0.429. The minimum absolute atomic E-state index is 0.329. The van der Waals surface area contributed by atoms with Crippen LogP contribution < -0.4 is 9.64 Å². The van der Waals surface area contributed by atoms with Crippen molar-refractivity contribution in [3.05, 3.63) is 53.9 Å². The summed E-state index contributed by atoms with van der Waals surface area (Å²) < 4.78 is 4.86. The summed E-state index contributed by atoms with van der Waals surface area (Å²) in [6.45, 7) is 2.08. The van der Waals surface area contributed by atoms with E-state index in [0.29, 0.717) is 17.8 Å². The summed E-state index contributed by atoms with van der Waals surface area (Å²) in [7, 11) is 2.21. The Morgan fingerprint density at radius 3 is 2.63 bits per heavy atom. The van der Waals surface area contributed by atoms with Gasteiger partial charge in [0.05, 0.1) is 0 Å². The second-order valence-corrected chi connectivity index (χ2v) is 7.37. The number of anilines is 1. The highest BCUT2D eigenvalue weighted by atomic mass is 16.7. The number of rotatable bonds is 4. The molecule has 142 valence electrons. The van der Waals surface area contributed by atoms with E-state index in [-0.39, 0.29) is 0 Å². The third kappa shape index (κ3) is 3.76. The minimum atomic E-state index is -1.26. The Labute approximate surface area is 159 Å². The number of nitrogens with zero attached hydrogens (tertiary/aromatic N) is 3. The van der Waals surface area contributed by atoms with Gasteiger partial charge in [0.2, 0.25) is 0 Å². The minimum Gasteiger partial charge on any atom is -0.449 e. The Morgan fingerprint density at radius 1 is 1.19 bits per heavy atom. The molecule has 2 aliphatic rings. The van der Waals surface area contributed by atoms with Crippen LogP contribution in [0.4, 0.5) is 10.5 Å². The summed E-state index contributed by atoms with van der Waals surface area (Å²) in [5.41, 5.74) is 3.76. The predicted molar refractivity (Wildman–Crippen MR) is 103 cm³/mol. The van der Waals surface area contributed by atoms with Crippen molar-refractivity contribution in [2.24, 2.45) is 0 Å². The maximum Gasteiger partial charge on any atom is 0.511 e. The molecule has 2 heterocycles. The van der Waals surface area contributed by atoms with E-state index < -0.39 is 6.16 Å². The van der Waals surface area contributed by atoms with E-state index >= 15 is 0 Å². The molecule has 1 aliphatic heterocycles. The van der Waals surface area contributed by atoms with Crippen LogP contribution in [0.2, 0.25) is 0 Å². The third-order valence-electron chi connectivity index (χ3n) is 5.93. The lowest BCUT2D eigenvalue weighted by molar-refractivity contribution is 0.143. The van der Waals surface area contributed by atoms with Gasteiger partial charge in [0.1, 0.15) is 5.75 Å². The van der Waals surface area contributed by atoms with Crippen LogP contribution in [0.25, 0.3) is 0 Å². The van der Waals surface area contributed by atoms with Crippen molar-refractivity contribution in [2.45, 2.75) is 37.8 Å². The largest absolute Gasteiger partial charge is 0.511 e. The molecule has 4 rings (SSSR count). The summed E-state index contributed by atoms with van der Waals surface area (Å²) in [6.07, 6.45) is 6.78. The number of hydrogen-bond donors (Lipinski definition) is 1. The molecule has 0 saturated carbocycles. The average Bonchev–Trinajstić information content (AvgIpc) is 3.11. The van der Waals surface area contributed by atoms with Crippen LogP contribution in [0.3, 0.4) is 0 Å². The summed E-state index contributed by atoms with van der Waals surface area (Å²) in [5, 5.41) is 8.87. The Hall–Kier alpha value is -2.60. The first-order chi connectivity index (χ1) is 13.1. The standard InChI is InChI=1S/C21H25N3O3/c1-23(16-8-12-24(13-9-16)17-6-10-22-11-7-17)20-5-3-15-2-4-18(14-19(15)20)27-21(25)26/h2,4,6-7,10-11,14,16,20H,3,5,8-9,12-13H2,1H3,(H,25,26). The van der Waals surface area contributed by atoms with Crippen LogP contribution in [0, 0.1) is 0 Å². The van der Waals surface area contributed by atoms with Gasteiger partial charge in [-0.2, -0.15) is 0 Å². The molecule has 6 nitrogen and oxygen atoms in total. The first kappa shape index (κ1) is 17.8. The fourth-order valence-corrected chi connectivity index (χ4v) is 4.49. The second-order valence-electron chi connectivity index (χ2n) is 7.37. The highest BCUT2D eigenvalue weighted by molar-refractivity contribution is 5.61. The van der Waals surface area contributed by atoms with Crippen molar-refractivity contribution in [3.63, 3.8) is 0 Å². The van der Waals surface area contributed by atoms with E-state index in [4.69, 9.17) is 9.84 Å². The number of benzene rings is 1. The smallest absolute Gasteiger partial charge is 0.449 e. The topological polar surface area (TPSA) is 65.9 Å². The molecule has 1 aromatic carbocycles. The Morgan fingerprint density at radius 2 is 1.93 bits per heavy atom. The highest BCUT2D eigenvalue weighted by Crippen LogP contribution is 2.39. The van der Waals surface area contributed by atoms with Gasteiger partial charge in [0.15, 0.2) is 0 Å². The van der Waals surface area contributed by atoms with Gasteiger partial charge in [0, 0.05) is 43.3 Å². The molecule has 1 unspecified atom stereocenters. The molecule has 0 radical (unpaired) electrons. The number of aromatic nitrogens is 1. The molecule has 0 bridgehead atoms. The van der Waals surface area contributed by atoms with E-state index in [1.54, 1.807) is 6.07 Å². The molecule has 6 heteroatoms. The molecule has 1 N–H and O–H groups in total. The zero-order chi connectivity index (χ0) is 18.8. The first-order valence-corrected chi connectivity index (χ1v) is 9.52. The molecule has 0 amide bonds. The summed E-state index contributed by atoms with van der Waals surface area (Å²) in [5.74, 6) is 0.411. The van der Waals surface area contributed by atoms with Gasteiger partial charge >= 0.3 is 6.16 Å². The van der Waals surface area contributed by atoms with Crippen molar-refractivity contribution in [3.8, 4) is 5.75 Å². The lowest BCUT2D eigenvalue weighted by Crippen LogP contribution is -2.44. The average molecular weight is 367 g/mol. The first-order valence-electron chi connectivity index (χ1n) is 9.52. The lowest BCUT2D eigenvalue weighted by atomic mass is 9.99. The zero-order valence-electron chi connectivity index (χ0n) is 15.5. The van der Waals surface area contributed by atoms with Gasteiger partial charge in [-0.15, -0.1) is 0 Å². The lowest BCUT2D eigenvalue weighted by Gasteiger charge is -2.40. The number of ether oxygens (including phenoxy) is 1. The van der Waals surface area contributed by atoms with Crippen LogP contribution in [-0.4, -0.2) is 47.3 Å². The molecule has 1 saturated heterocycles. The van der Waals surface area contributed by atoms with Gasteiger partial charge < -0.3 is 14.7 Å². The summed E-state index contributed by atoms with van der Waals surface area (Å²) in [6, 6.07) is 10.7. The van der Waals surface area contributed by atoms with Crippen molar-refractivity contribution in [2.75, 3.05) is 25.0 Å². The normalized spacial score (nSPS) is 19.9.